The van der Waals surface area contributed by atoms with Crippen molar-refractivity contribution in [1.29, 1.82) is 0 Å². The minimum absolute atomic E-state index is 0.452. The Hall–Kier alpha value is -0.380. The highest BCUT2D eigenvalue weighted by atomic mass is 79.9. The van der Waals surface area contributed by atoms with E-state index in [1.54, 1.807) is 0 Å². The smallest absolute Gasteiger partial charge is 0.0720 e. The Labute approximate surface area is 106 Å². The fraction of sp³-hybridized carbons (Fsp3) is 0.538. The van der Waals surface area contributed by atoms with E-state index in [1.807, 2.05) is 0 Å². The van der Waals surface area contributed by atoms with Crippen LogP contribution in [0.2, 0.25) is 0 Å². The molecule has 88 valence electrons. The summed E-state index contributed by atoms with van der Waals surface area (Å²) in [7, 11) is 0. The average molecular weight is 284 g/mol. The Morgan fingerprint density at radius 1 is 1.31 bits per heavy atom. The van der Waals surface area contributed by atoms with E-state index in [-0.39, 0.29) is 0 Å². The zero-order valence-electron chi connectivity index (χ0n) is 9.58. The van der Waals surface area contributed by atoms with Gasteiger partial charge in [0.2, 0.25) is 0 Å². The molecule has 1 N–H and O–H groups in total. The zero-order chi connectivity index (χ0) is 11.4. The standard InChI is InChI=1S/C13H18BrNO/c1-2-15-12-7-13(8-12)16-9-10-3-5-11(14)6-4-10/h3-6,12-13,15H,2,7-9H2,1H3. The molecule has 0 aliphatic heterocycles. The fourth-order valence-corrected chi connectivity index (χ4v) is 2.22. The van der Waals surface area contributed by atoms with Crippen molar-refractivity contribution in [3.05, 3.63) is 34.3 Å². The van der Waals surface area contributed by atoms with Gasteiger partial charge in [0.15, 0.2) is 0 Å². The summed E-state index contributed by atoms with van der Waals surface area (Å²) in [6, 6.07) is 9.00. The van der Waals surface area contributed by atoms with Gasteiger partial charge in [-0.2, -0.15) is 0 Å². The summed E-state index contributed by atoms with van der Waals surface area (Å²) < 4.78 is 6.94. The fourth-order valence-electron chi connectivity index (χ4n) is 1.95. The van der Waals surface area contributed by atoms with Crippen LogP contribution in [0.15, 0.2) is 28.7 Å². The monoisotopic (exact) mass is 283 g/mol. The van der Waals surface area contributed by atoms with E-state index in [2.05, 4.69) is 52.4 Å². The normalized spacial score (nSPS) is 24.1. The summed E-state index contributed by atoms with van der Waals surface area (Å²) in [6.45, 7) is 3.94. The molecule has 0 spiro atoms. The second-order valence-electron chi connectivity index (χ2n) is 4.29. The van der Waals surface area contributed by atoms with Crippen molar-refractivity contribution in [3.8, 4) is 0 Å². The number of halogens is 1. The molecule has 0 atom stereocenters. The molecule has 0 bridgehead atoms. The lowest BCUT2D eigenvalue weighted by Crippen LogP contribution is -2.45. The van der Waals surface area contributed by atoms with E-state index < -0.39 is 0 Å². The molecule has 1 fully saturated rings. The first-order valence-electron chi connectivity index (χ1n) is 5.87. The molecule has 0 unspecified atom stereocenters. The molecule has 0 amide bonds. The van der Waals surface area contributed by atoms with Gasteiger partial charge >= 0.3 is 0 Å². The van der Waals surface area contributed by atoms with Gasteiger partial charge in [-0.3, -0.25) is 0 Å². The van der Waals surface area contributed by atoms with Crippen molar-refractivity contribution < 1.29 is 4.74 Å². The summed E-state index contributed by atoms with van der Waals surface area (Å²) in [6.07, 6.45) is 2.77. The van der Waals surface area contributed by atoms with Gasteiger partial charge in [-0.05, 0) is 37.1 Å². The summed E-state index contributed by atoms with van der Waals surface area (Å²) in [5, 5.41) is 3.43. The number of ether oxygens (including phenoxy) is 1. The van der Waals surface area contributed by atoms with Crippen LogP contribution in [0, 0.1) is 0 Å². The van der Waals surface area contributed by atoms with E-state index in [4.69, 9.17) is 4.74 Å². The van der Waals surface area contributed by atoms with Crippen molar-refractivity contribution in [3.63, 3.8) is 0 Å². The lowest BCUT2D eigenvalue weighted by Gasteiger charge is -2.35. The van der Waals surface area contributed by atoms with Crippen LogP contribution in [0.3, 0.4) is 0 Å². The van der Waals surface area contributed by atoms with E-state index in [0.29, 0.717) is 12.1 Å². The first-order valence-corrected chi connectivity index (χ1v) is 6.66. The van der Waals surface area contributed by atoms with Crippen molar-refractivity contribution in [2.75, 3.05) is 6.54 Å². The predicted octanol–water partition coefficient (Wildman–Crippen LogP) is 3.11. The molecule has 3 heteroatoms. The van der Waals surface area contributed by atoms with Crippen molar-refractivity contribution >= 4 is 15.9 Å². The number of hydrogen-bond acceptors (Lipinski definition) is 2. The van der Waals surface area contributed by atoms with E-state index in [1.165, 1.54) is 5.56 Å². The molecule has 16 heavy (non-hydrogen) atoms. The average Bonchev–Trinajstić information content (AvgIpc) is 2.24. The molecular weight excluding hydrogens is 266 g/mol. The van der Waals surface area contributed by atoms with Crippen LogP contribution in [0.4, 0.5) is 0 Å². The predicted molar refractivity (Wildman–Crippen MR) is 69.4 cm³/mol. The Morgan fingerprint density at radius 2 is 2.00 bits per heavy atom. The number of rotatable bonds is 5. The molecule has 1 aliphatic rings. The third-order valence-electron chi connectivity index (χ3n) is 2.99. The van der Waals surface area contributed by atoms with Crippen LogP contribution >= 0.6 is 15.9 Å². The molecule has 0 aromatic heterocycles. The molecule has 0 saturated heterocycles. The minimum Gasteiger partial charge on any atom is -0.373 e. The van der Waals surface area contributed by atoms with Crippen molar-refractivity contribution in [2.24, 2.45) is 0 Å². The third kappa shape index (κ3) is 3.30. The van der Waals surface area contributed by atoms with Gasteiger partial charge < -0.3 is 10.1 Å². The summed E-state index contributed by atoms with van der Waals surface area (Å²) in [5.74, 6) is 0. The number of nitrogens with one attached hydrogen (secondary N) is 1. The minimum atomic E-state index is 0.452. The molecule has 0 heterocycles. The van der Waals surface area contributed by atoms with Gasteiger partial charge in [0.1, 0.15) is 0 Å². The lowest BCUT2D eigenvalue weighted by molar-refractivity contribution is -0.0261. The Morgan fingerprint density at radius 3 is 2.62 bits per heavy atom. The number of benzene rings is 1. The molecule has 2 rings (SSSR count). The molecule has 1 aliphatic carbocycles. The maximum atomic E-state index is 5.83. The van der Waals surface area contributed by atoms with Crippen LogP contribution in [-0.4, -0.2) is 18.7 Å². The maximum absolute atomic E-state index is 5.83. The first kappa shape index (κ1) is 12.1. The van der Waals surface area contributed by atoms with Crippen LogP contribution in [0.5, 0.6) is 0 Å². The van der Waals surface area contributed by atoms with Crippen LogP contribution in [0.25, 0.3) is 0 Å². The second kappa shape index (κ2) is 5.80. The Balaban J connectivity index is 1.67. The van der Waals surface area contributed by atoms with Gasteiger partial charge in [-0.1, -0.05) is 35.0 Å². The van der Waals surface area contributed by atoms with Crippen molar-refractivity contribution in [1.82, 2.24) is 5.32 Å². The van der Waals surface area contributed by atoms with Gasteiger partial charge in [0, 0.05) is 10.5 Å². The van der Waals surface area contributed by atoms with Crippen LogP contribution in [-0.2, 0) is 11.3 Å². The van der Waals surface area contributed by atoms with Gasteiger partial charge in [-0.15, -0.1) is 0 Å². The first-order chi connectivity index (χ1) is 7.78. The third-order valence-corrected chi connectivity index (χ3v) is 3.52. The molecule has 1 aromatic carbocycles. The Kier molecular flexibility index (Phi) is 4.38. The SMILES string of the molecule is CCNC1CC(OCc2ccc(Br)cc2)C1. The highest BCUT2D eigenvalue weighted by molar-refractivity contribution is 9.10. The van der Waals surface area contributed by atoms with Gasteiger partial charge in [0.05, 0.1) is 12.7 Å². The molecule has 2 nitrogen and oxygen atoms in total. The Bertz CT molecular complexity index is 319. The second-order valence-corrected chi connectivity index (χ2v) is 5.20. The molecular formula is C13H18BrNO. The van der Waals surface area contributed by atoms with Crippen LogP contribution in [0.1, 0.15) is 25.3 Å². The van der Waals surface area contributed by atoms with Gasteiger partial charge in [-0.25, -0.2) is 0 Å². The topological polar surface area (TPSA) is 21.3 Å². The molecule has 0 radical (unpaired) electrons. The summed E-state index contributed by atoms with van der Waals surface area (Å²) in [4.78, 5) is 0. The number of hydrogen-bond donors (Lipinski definition) is 1. The highest BCUT2D eigenvalue weighted by Gasteiger charge is 2.28. The van der Waals surface area contributed by atoms with Gasteiger partial charge in [0.25, 0.3) is 0 Å². The maximum Gasteiger partial charge on any atom is 0.0720 e. The molecule has 1 aromatic rings. The largest absolute Gasteiger partial charge is 0.373 e. The quantitative estimate of drug-likeness (QED) is 0.897. The van der Waals surface area contributed by atoms with E-state index in [0.717, 1.165) is 30.5 Å². The lowest BCUT2D eigenvalue weighted by atomic mass is 9.89. The van der Waals surface area contributed by atoms with E-state index >= 15 is 0 Å². The molecule has 1 saturated carbocycles. The van der Waals surface area contributed by atoms with Crippen LogP contribution < -0.4 is 5.32 Å². The van der Waals surface area contributed by atoms with Crippen molar-refractivity contribution in [2.45, 2.75) is 38.5 Å². The summed E-state index contributed by atoms with van der Waals surface area (Å²) >= 11 is 3.43. The van der Waals surface area contributed by atoms with E-state index in [9.17, 15) is 0 Å². The highest BCUT2D eigenvalue weighted by Crippen LogP contribution is 2.24. The zero-order valence-corrected chi connectivity index (χ0v) is 11.2. The summed E-state index contributed by atoms with van der Waals surface area (Å²) in [5.41, 5.74) is 1.25.